The summed E-state index contributed by atoms with van der Waals surface area (Å²) in [6, 6.07) is 8.76. The molecule has 3 fully saturated rings. The van der Waals surface area contributed by atoms with Gasteiger partial charge in [0.05, 0.1) is 13.2 Å². The van der Waals surface area contributed by atoms with Gasteiger partial charge in [0, 0.05) is 0 Å². The highest BCUT2D eigenvalue weighted by molar-refractivity contribution is 5.34. The van der Waals surface area contributed by atoms with E-state index in [-0.39, 0.29) is 35.4 Å². The molecule has 2 saturated carbocycles. The zero-order valence-corrected chi connectivity index (χ0v) is 19.6. The monoisotopic (exact) mass is 470 g/mol. The van der Waals surface area contributed by atoms with E-state index in [1.165, 1.54) is 0 Å². The van der Waals surface area contributed by atoms with Crippen molar-refractivity contribution >= 4 is 0 Å². The second-order valence-electron chi connectivity index (χ2n) is 10.3. The molecular formula is C29H33F3O2. The normalized spacial score (nSPS) is 29.0. The molecular weight excluding hydrogens is 437 g/mol. The summed E-state index contributed by atoms with van der Waals surface area (Å²) in [4.78, 5) is 0. The van der Waals surface area contributed by atoms with Crippen LogP contribution in [0.25, 0.3) is 0 Å². The van der Waals surface area contributed by atoms with Gasteiger partial charge < -0.3 is 9.47 Å². The van der Waals surface area contributed by atoms with Crippen LogP contribution in [0.5, 0.6) is 5.75 Å². The SMILES string of the molecule is C=CC1CCC(c2ccc(OCC3CCC(c4ccc(C5CO5)cc4F)CC3)c(F)c2F)CC1. The van der Waals surface area contributed by atoms with Crippen molar-refractivity contribution in [3.63, 3.8) is 0 Å². The minimum absolute atomic E-state index is 0.00733. The van der Waals surface area contributed by atoms with Crippen LogP contribution in [-0.4, -0.2) is 13.2 Å². The van der Waals surface area contributed by atoms with Gasteiger partial charge in [0.1, 0.15) is 11.9 Å². The maximum Gasteiger partial charge on any atom is 0.200 e. The van der Waals surface area contributed by atoms with Gasteiger partial charge in [-0.25, -0.2) is 8.78 Å². The Morgan fingerprint density at radius 1 is 0.853 bits per heavy atom. The van der Waals surface area contributed by atoms with Crippen molar-refractivity contribution in [3.8, 4) is 5.75 Å². The molecule has 0 spiro atoms. The summed E-state index contributed by atoms with van der Waals surface area (Å²) in [7, 11) is 0. The molecule has 1 heterocycles. The predicted molar refractivity (Wildman–Crippen MR) is 127 cm³/mol. The Bertz CT molecular complexity index is 1020. The number of hydrogen-bond acceptors (Lipinski definition) is 2. The van der Waals surface area contributed by atoms with E-state index in [1.807, 2.05) is 18.2 Å². The summed E-state index contributed by atoms with van der Waals surface area (Å²) in [5.41, 5.74) is 2.15. The number of benzene rings is 2. The molecule has 1 aliphatic heterocycles. The van der Waals surface area contributed by atoms with E-state index < -0.39 is 11.6 Å². The Kier molecular flexibility index (Phi) is 7.01. The molecule has 1 unspecified atom stereocenters. The highest BCUT2D eigenvalue weighted by Crippen LogP contribution is 2.41. The number of allylic oxidation sites excluding steroid dienone is 1. The Morgan fingerprint density at radius 3 is 2.15 bits per heavy atom. The van der Waals surface area contributed by atoms with E-state index >= 15 is 0 Å². The van der Waals surface area contributed by atoms with Gasteiger partial charge in [-0.15, -0.1) is 6.58 Å². The minimum atomic E-state index is -0.876. The van der Waals surface area contributed by atoms with Crippen molar-refractivity contribution in [2.45, 2.75) is 69.3 Å². The first-order chi connectivity index (χ1) is 16.5. The molecule has 2 aromatic carbocycles. The molecule has 1 saturated heterocycles. The lowest BCUT2D eigenvalue weighted by Gasteiger charge is -2.29. The van der Waals surface area contributed by atoms with Crippen LogP contribution < -0.4 is 4.74 Å². The van der Waals surface area contributed by atoms with Crippen molar-refractivity contribution < 1.29 is 22.6 Å². The maximum atomic E-state index is 14.8. The fourth-order valence-electron chi connectivity index (χ4n) is 5.80. The second-order valence-corrected chi connectivity index (χ2v) is 10.3. The fourth-order valence-corrected chi connectivity index (χ4v) is 5.80. The van der Waals surface area contributed by atoms with E-state index in [2.05, 4.69) is 6.58 Å². The molecule has 2 nitrogen and oxygen atoms in total. The number of hydrogen-bond donors (Lipinski definition) is 0. The van der Waals surface area contributed by atoms with E-state index in [0.29, 0.717) is 24.7 Å². The van der Waals surface area contributed by atoms with Gasteiger partial charge >= 0.3 is 0 Å². The Balaban J connectivity index is 1.14. The maximum absolute atomic E-state index is 14.8. The molecule has 5 heteroatoms. The van der Waals surface area contributed by atoms with Gasteiger partial charge in [-0.05, 0) is 104 Å². The molecule has 182 valence electrons. The molecule has 5 rings (SSSR count). The summed E-state index contributed by atoms with van der Waals surface area (Å²) in [6.07, 6.45) is 9.18. The number of halogens is 3. The van der Waals surface area contributed by atoms with Crippen LogP contribution in [0.2, 0.25) is 0 Å². The quantitative estimate of drug-likeness (QED) is 0.302. The molecule has 1 atom stereocenters. The summed E-state index contributed by atoms with van der Waals surface area (Å²) >= 11 is 0. The third-order valence-electron chi connectivity index (χ3n) is 8.11. The fraction of sp³-hybridized carbons (Fsp3) is 0.517. The topological polar surface area (TPSA) is 21.8 Å². The minimum Gasteiger partial charge on any atom is -0.490 e. The van der Waals surface area contributed by atoms with Crippen molar-refractivity contribution in [2.24, 2.45) is 11.8 Å². The standard InChI is InChI=1S/C29H33F3O2/c1-2-18-3-7-21(8-4-18)24-13-14-26(29(32)28(24)31)33-16-19-5-9-20(10-6-19)23-12-11-22(15-25(23)30)27-17-34-27/h2,11-15,18-21,27H,1,3-10,16-17H2. The van der Waals surface area contributed by atoms with Crippen molar-refractivity contribution in [1.29, 1.82) is 0 Å². The second kappa shape index (κ2) is 10.2. The van der Waals surface area contributed by atoms with Crippen molar-refractivity contribution in [1.82, 2.24) is 0 Å². The molecule has 0 amide bonds. The number of ether oxygens (including phenoxy) is 2. The van der Waals surface area contributed by atoms with Gasteiger partial charge in [-0.1, -0.05) is 24.3 Å². The average molecular weight is 471 g/mol. The average Bonchev–Trinajstić information content (AvgIpc) is 3.71. The third kappa shape index (κ3) is 5.05. The molecule has 2 aromatic rings. The molecule has 2 aliphatic carbocycles. The third-order valence-corrected chi connectivity index (χ3v) is 8.11. The summed E-state index contributed by atoms with van der Waals surface area (Å²) in [5.74, 6) is -0.811. The van der Waals surface area contributed by atoms with E-state index in [1.54, 1.807) is 18.2 Å². The van der Waals surface area contributed by atoms with Crippen LogP contribution in [0.1, 0.15) is 86.0 Å². The molecule has 0 radical (unpaired) electrons. The predicted octanol–water partition coefficient (Wildman–Crippen LogP) is 7.99. The van der Waals surface area contributed by atoms with Crippen LogP contribution in [-0.2, 0) is 4.74 Å². The summed E-state index contributed by atoms with van der Waals surface area (Å²) in [6.45, 7) is 4.88. The van der Waals surface area contributed by atoms with Crippen LogP contribution in [0.15, 0.2) is 43.0 Å². The lowest BCUT2D eigenvalue weighted by molar-refractivity contribution is 0.191. The lowest BCUT2D eigenvalue weighted by atomic mass is 9.78. The van der Waals surface area contributed by atoms with E-state index in [9.17, 15) is 13.2 Å². The molecule has 0 N–H and O–H groups in total. The van der Waals surface area contributed by atoms with Gasteiger partial charge in [0.2, 0.25) is 5.82 Å². The van der Waals surface area contributed by atoms with Crippen LogP contribution >= 0.6 is 0 Å². The van der Waals surface area contributed by atoms with E-state index in [0.717, 1.165) is 62.5 Å². The van der Waals surface area contributed by atoms with Crippen molar-refractivity contribution in [2.75, 3.05) is 13.2 Å². The first-order valence-electron chi connectivity index (χ1n) is 12.7. The van der Waals surface area contributed by atoms with Crippen LogP contribution in [0, 0.1) is 29.3 Å². The Hall–Kier alpha value is -2.27. The lowest BCUT2D eigenvalue weighted by Crippen LogP contribution is -2.20. The van der Waals surface area contributed by atoms with Crippen LogP contribution in [0.4, 0.5) is 13.2 Å². The largest absolute Gasteiger partial charge is 0.490 e. The first-order valence-corrected chi connectivity index (χ1v) is 12.7. The van der Waals surface area contributed by atoms with Gasteiger partial charge in [0.15, 0.2) is 11.6 Å². The molecule has 3 aliphatic rings. The van der Waals surface area contributed by atoms with Gasteiger partial charge in [-0.2, -0.15) is 4.39 Å². The van der Waals surface area contributed by atoms with Crippen LogP contribution in [0.3, 0.4) is 0 Å². The van der Waals surface area contributed by atoms with Gasteiger partial charge in [-0.3, -0.25) is 0 Å². The molecule has 0 bridgehead atoms. The Labute approximate surface area is 200 Å². The Morgan fingerprint density at radius 2 is 1.50 bits per heavy atom. The molecule has 34 heavy (non-hydrogen) atoms. The zero-order valence-electron chi connectivity index (χ0n) is 19.6. The summed E-state index contributed by atoms with van der Waals surface area (Å²) < 4.78 is 55.2. The highest BCUT2D eigenvalue weighted by Gasteiger charge is 2.29. The first kappa shape index (κ1) is 23.5. The smallest absolute Gasteiger partial charge is 0.200 e. The highest BCUT2D eigenvalue weighted by atomic mass is 19.2. The van der Waals surface area contributed by atoms with Gasteiger partial charge in [0.25, 0.3) is 0 Å². The number of epoxide rings is 1. The van der Waals surface area contributed by atoms with Crippen molar-refractivity contribution in [3.05, 3.63) is 77.1 Å². The number of rotatable bonds is 7. The molecule has 0 aromatic heterocycles. The zero-order chi connectivity index (χ0) is 23.7. The summed E-state index contributed by atoms with van der Waals surface area (Å²) in [5, 5.41) is 0. The van der Waals surface area contributed by atoms with E-state index in [4.69, 9.17) is 9.47 Å².